The molecule has 4 unspecified atom stereocenters. The summed E-state index contributed by atoms with van der Waals surface area (Å²) in [6.45, 7) is 7.67. The van der Waals surface area contributed by atoms with E-state index in [4.69, 9.17) is 5.73 Å². The van der Waals surface area contributed by atoms with E-state index in [1.807, 2.05) is 82.4 Å². The summed E-state index contributed by atoms with van der Waals surface area (Å²) in [6.07, 6.45) is 4.51. The van der Waals surface area contributed by atoms with E-state index in [2.05, 4.69) is 25.9 Å². The van der Waals surface area contributed by atoms with Crippen molar-refractivity contribution >= 4 is 45.5 Å². The number of rotatable bonds is 15. The number of aliphatic carboxylic acids is 1. The molecule has 2 heterocycles. The molecule has 0 fully saturated rings. The van der Waals surface area contributed by atoms with Crippen molar-refractivity contribution in [3.05, 3.63) is 72.1 Å². The number of H-pyrrole nitrogens is 2. The van der Waals surface area contributed by atoms with Crippen molar-refractivity contribution in [1.29, 1.82) is 0 Å². The third-order valence-electron chi connectivity index (χ3n) is 7.85. The number of benzene rings is 2. The molecule has 2 aromatic heterocycles. The number of para-hydroxylation sites is 2. The van der Waals surface area contributed by atoms with Gasteiger partial charge in [0.15, 0.2) is 0 Å². The summed E-state index contributed by atoms with van der Waals surface area (Å²) < 4.78 is 0. The molecule has 4 rings (SSSR count). The van der Waals surface area contributed by atoms with Crippen molar-refractivity contribution in [3.8, 4) is 0 Å². The molecular formula is C34H44N6O5. The number of fused-ring (bicyclic) bond motifs is 2. The maximum Gasteiger partial charge on any atom is 0.326 e. The summed E-state index contributed by atoms with van der Waals surface area (Å²) in [7, 11) is 0. The number of aromatic amines is 2. The first-order valence-electron chi connectivity index (χ1n) is 15.4. The Morgan fingerprint density at radius 2 is 1.09 bits per heavy atom. The summed E-state index contributed by atoms with van der Waals surface area (Å²) >= 11 is 0. The third kappa shape index (κ3) is 8.72. The second-order valence-electron chi connectivity index (χ2n) is 12.5. The monoisotopic (exact) mass is 616 g/mol. The fourth-order valence-corrected chi connectivity index (χ4v) is 5.58. The Morgan fingerprint density at radius 1 is 0.667 bits per heavy atom. The molecule has 3 amide bonds. The van der Waals surface area contributed by atoms with E-state index >= 15 is 0 Å². The molecule has 240 valence electrons. The molecule has 4 aromatic rings. The van der Waals surface area contributed by atoms with E-state index in [0.717, 1.165) is 32.9 Å². The number of nitrogens with one attached hydrogen (secondary N) is 5. The zero-order chi connectivity index (χ0) is 32.7. The number of carboxylic acid groups (broad SMARTS) is 1. The third-order valence-corrected chi connectivity index (χ3v) is 7.85. The number of carboxylic acids is 1. The zero-order valence-electron chi connectivity index (χ0n) is 26.2. The Balaban J connectivity index is 1.44. The van der Waals surface area contributed by atoms with Crippen molar-refractivity contribution in [2.75, 3.05) is 0 Å². The lowest BCUT2D eigenvalue weighted by Crippen LogP contribution is -2.57. The maximum atomic E-state index is 13.6. The Bertz CT molecular complexity index is 1640. The number of aromatic nitrogens is 2. The summed E-state index contributed by atoms with van der Waals surface area (Å²) in [5.41, 5.74) is 9.75. The van der Waals surface area contributed by atoms with Crippen LogP contribution in [-0.4, -0.2) is 62.9 Å². The number of carbonyl (C=O) groups excluding carboxylic acids is 3. The minimum absolute atomic E-state index is 0.0145. The zero-order valence-corrected chi connectivity index (χ0v) is 26.2. The normalized spacial score (nSPS) is 14.3. The van der Waals surface area contributed by atoms with Gasteiger partial charge in [0.05, 0.1) is 6.04 Å². The fraction of sp³-hybridized carbons (Fsp3) is 0.412. The van der Waals surface area contributed by atoms with Gasteiger partial charge in [-0.25, -0.2) is 4.79 Å². The van der Waals surface area contributed by atoms with Gasteiger partial charge in [0, 0.05) is 40.6 Å². The van der Waals surface area contributed by atoms with Crippen LogP contribution >= 0.6 is 0 Å². The smallest absolute Gasteiger partial charge is 0.326 e. The number of amides is 3. The fourth-order valence-electron chi connectivity index (χ4n) is 5.58. The molecule has 0 radical (unpaired) electrons. The number of carbonyl (C=O) groups is 4. The molecule has 0 aliphatic carbocycles. The first-order chi connectivity index (χ1) is 21.4. The average molecular weight is 617 g/mol. The van der Waals surface area contributed by atoms with Crippen molar-refractivity contribution in [1.82, 2.24) is 25.9 Å². The maximum absolute atomic E-state index is 13.6. The van der Waals surface area contributed by atoms with Crippen LogP contribution in [0.2, 0.25) is 0 Å². The SMILES string of the molecule is CC(C)CC(NC(=O)C(N)Cc1c[nH]c2ccccc12)C(=O)NC(CC(C)C)C(=O)NC(Cc1c[nH]c2ccccc12)C(=O)O. The molecule has 0 aliphatic rings. The van der Waals surface area contributed by atoms with Crippen molar-refractivity contribution in [2.45, 2.75) is 77.5 Å². The van der Waals surface area contributed by atoms with Gasteiger partial charge in [-0.1, -0.05) is 64.1 Å². The molecule has 11 nitrogen and oxygen atoms in total. The van der Waals surface area contributed by atoms with E-state index in [0.29, 0.717) is 6.42 Å². The van der Waals surface area contributed by atoms with Crippen LogP contribution in [0.25, 0.3) is 21.8 Å². The van der Waals surface area contributed by atoms with E-state index in [9.17, 15) is 24.3 Å². The number of nitrogens with two attached hydrogens (primary N) is 1. The lowest BCUT2D eigenvalue weighted by Gasteiger charge is -2.27. The highest BCUT2D eigenvalue weighted by atomic mass is 16.4. The van der Waals surface area contributed by atoms with Gasteiger partial charge in [0.25, 0.3) is 0 Å². The Labute approximate surface area is 262 Å². The van der Waals surface area contributed by atoms with Crippen molar-refractivity contribution in [3.63, 3.8) is 0 Å². The molecule has 4 atom stereocenters. The predicted octanol–water partition coefficient (Wildman–Crippen LogP) is 3.39. The predicted molar refractivity (Wildman–Crippen MR) is 174 cm³/mol. The molecule has 2 aromatic carbocycles. The van der Waals surface area contributed by atoms with Gasteiger partial charge in [-0.3, -0.25) is 14.4 Å². The van der Waals surface area contributed by atoms with Gasteiger partial charge in [-0.2, -0.15) is 0 Å². The van der Waals surface area contributed by atoms with Crippen LogP contribution < -0.4 is 21.7 Å². The van der Waals surface area contributed by atoms with Crippen LogP contribution in [-0.2, 0) is 32.0 Å². The van der Waals surface area contributed by atoms with Crippen molar-refractivity contribution in [2.24, 2.45) is 17.6 Å². The second-order valence-corrected chi connectivity index (χ2v) is 12.5. The highest BCUT2D eigenvalue weighted by molar-refractivity contribution is 5.94. The van der Waals surface area contributed by atoms with Gasteiger partial charge in [-0.05, 0) is 54.4 Å². The molecule has 0 spiro atoms. The Hall–Kier alpha value is -4.64. The van der Waals surface area contributed by atoms with Gasteiger partial charge in [0.2, 0.25) is 17.7 Å². The Kier molecular flexibility index (Phi) is 11.0. The minimum Gasteiger partial charge on any atom is -0.480 e. The quantitative estimate of drug-likeness (QED) is 0.107. The molecule has 0 bridgehead atoms. The van der Waals surface area contributed by atoms with Gasteiger partial charge in [-0.15, -0.1) is 0 Å². The first kappa shape index (κ1) is 33.3. The summed E-state index contributed by atoms with van der Waals surface area (Å²) in [5, 5.41) is 20.0. The lowest BCUT2D eigenvalue weighted by molar-refractivity contribution is -0.142. The molecule has 45 heavy (non-hydrogen) atoms. The molecular weight excluding hydrogens is 572 g/mol. The van der Waals surface area contributed by atoms with Crippen LogP contribution in [0.15, 0.2) is 60.9 Å². The van der Waals surface area contributed by atoms with Crippen LogP contribution in [0.4, 0.5) is 0 Å². The van der Waals surface area contributed by atoms with E-state index < -0.39 is 47.9 Å². The van der Waals surface area contributed by atoms with Crippen LogP contribution in [0.1, 0.15) is 51.7 Å². The second kappa shape index (κ2) is 14.9. The first-order valence-corrected chi connectivity index (χ1v) is 15.4. The van der Waals surface area contributed by atoms with E-state index in [-0.39, 0.29) is 31.1 Å². The summed E-state index contributed by atoms with van der Waals surface area (Å²) in [6, 6.07) is 11.2. The van der Waals surface area contributed by atoms with Crippen LogP contribution in [0.5, 0.6) is 0 Å². The van der Waals surface area contributed by atoms with Gasteiger partial charge >= 0.3 is 5.97 Å². The highest BCUT2D eigenvalue weighted by Gasteiger charge is 2.31. The van der Waals surface area contributed by atoms with Gasteiger partial charge in [0.1, 0.15) is 18.1 Å². The van der Waals surface area contributed by atoms with Crippen LogP contribution in [0, 0.1) is 11.8 Å². The van der Waals surface area contributed by atoms with Gasteiger partial charge < -0.3 is 36.8 Å². The topological polar surface area (TPSA) is 182 Å². The number of hydrogen-bond acceptors (Lipinski definition) is 5. The standard InChI is InChI=1S/C34H44N6O5/c1-19(2)13-28(38-31(41)25(35)15-21-17-36-26-11-7-5-9-23(21)26)32(42)39-29(14-20(3)4)33(43)40-30(34(44)45)16-22-18-37-27-12-8-6-10-24(22)27/h5-12,17-20,25,28-30,36-37H,13-16,35H2,1-4H3,(H,38,41)(H,39,42)(H,40,43)(H,44,45). The molecule has 11 heteroatoms. The largest absolute Gasteiger partial charge is 0.480 e. The molecule has 0 saturated heterocycles. The lowest BCUT2D eigenvalue weighted by atomic mass is 9.98. The molecule has 0 saturated carbocycles. The molecule has 8 N–H and O–H groups in total. The number of hydrogen-bond donors (Lipinski definition) is 7. The van der Waals surface area contributed by atoms with Crippen molar-refractivity contribution < 1.29 is 24.3 Å². The average Bonchev–Trinajstić information content (AvgIpc) is 3.59. The summed E-state index contributed by atoms with van der Waals surface area (Å²) in [5.74, 6) is -2.72. The minimum atomic E-state index is -1.21. The van der Waals surface area contributed by atoms with E-state index in [1.165, 1.54) is 0 Å². The van der Waals surface area contributed by atoms with Crippen LogP contribution in [0.3, 0.4) is 0 Å². The highest BCUT2D eigenvalue weighted by Crippen LogP contribution is 2.20. The molecule has 0 aliphatic heterocycles. The Morgan fingerprint density at radius 3 is 1.56 bits per heavy atom. The summed E-state index contributed by atoms with van der Waals surface area (Å²) in [4.78, 5) is 58.7. The van der Waals surface area contributed by atoms with E-state index in [1.54, 1.807) is 6.20 Å².